The van der Waals surface area contributed by atoms with E-state index in [2.05, 4.69) is 15.6 Å². The Kier molecular flexibility index (Phi) is 5.44. The zero-order valence-corrected chi connectivity index (χ0v) is 15.4. The van der Waals surface area contributed by atoms with Gasteiger partial charge >= 0.3 is 5.69 Å². The first-order valence-electron chi connectivity index (χ1n) is 8.60. The number of amides is 1. The number of rotatable bonds is 6. The molecule has 0 saturated heterocycles. The van der Waals surface area contributed by atoms with E-state index < -0.39 is 11.0 Å². The molecule has 0 radical (unpaired) electrons. The van der Waals surface area contributed by atoms with Gasteiger partial charge < -0.3 is 4.74 Å². The molecule has 0 saturated carbocycles. The van der Waals surface area contributed by atoms with Gasteiger partial charge in [-0.2, -0.15) is 10.2 Å². The lowest BCUT2D eigenvalue weighted by atomic mass is 9.91. The Hall–Kier alpha value is -3.62. The number of hydrogen-bond donors (Lipinski definition) is 2. The maximum absolute atomic E-state index is 11.5. The highest BCUT2D eigenvalue weighted by atomic mass is 16.6. The van der Waals surface area contributed by atoms with Crippen molar-refractivity contribution in [1.82, 2.24) is 5.43 Å². The first kappa shape index (κ1) is 19.2. The fraction of sp³-hybridized carbons (Fsp3) is 0.263. The number of nitrogens with one attached hydrogen (secondary N) is 2. The van der Waals surface area contributed by atoms with Gasteiger partial charge in [-0.25, -0.2) is 11.0 Å². The molecule has 144 valence electrons. The molecule has 2 unspecified atom stereocenters. The molecule has 0 fully saturated rings. The van der Waals surface area contributed by atoms with Crippen LogP contribution in [0.4, 0.5) is 5.69 Å². The van der Waals surface area contributed by atoms with Crippen LogP contribution in [0.2, 0.25) is 0 Å². The Morgan fingerprint density at radius 1 is 1.32 bits per heavy atom. The van der Waals surface area contributed by atoms with E-state index in [4.69, 9.17) is 10.3 Å². The summed E-state index contributed by atoms with van der Waals surface area (Å²) in [5.74, 6) is -0.0177. The van der Waals surface area contributed by atoms with E-state index in [0.717, 1.165) is 11.3 Å². The zero-order valence-electron chi connectivity index (χ0n) is 15.4. The second-order valence-corrected chi connectivity index (χ2v) is 6.45. The number of benzene rings is 2. The van der Waals surface area contributed by atoms with Crippen LogP contribution in [0.25, 0.3) is 0 Å². The normalized spacial score (nSPS) is 17.3. The predicted molar refractivity (Wildman–Crippen MR) is 102 cm³/mol. The third kappa shape index (κ3) is 3.59. The van der Waals surface area contributed by atoms with Gasteiger partial charge in [-0.15, -0.1) is 0 Å². The number of ether oxygens (including phenoxy) is 1. The molecule has 9 nitrogen and oxygen atoms in total. The largest absolute Gasteiger partial charge is 0.490 e. The average Bonchev–Trinajstić information content (AvgIpc) is 2.69. The van der Waals surface area contributed by atoms with Gasteiger partial charge in [0.2, 0.25) is 5.91 Å². The van der Waals surface area contributed by atoms with Crippen molar-refractivity contribution in [2.45, 2.75) is 19.4 Å². The third-order valence-corrected chi connectivity index (χ3v) is 4.64. The average molecular weight is 381 g/mol. The van der Waals surface area contributed by atoms with E-state index in [0.29, 0.717) is 12.0 Å². The maximum Gasteiger partial charge on any atom is 0.316 e. The Morgan fingerprint density at radius 2 is 2.04 bits per heavy atom. The van der Waals surface area contributed by atoms with Gasteiger partial charge in [-0.3, -0.25) is 14.9 Å². The third-order valence-electron chi connectivity index (χ3n) is 4.64. The van der Waals surface area contributed by atoms with E-state index in [9.17, 15) is 14.9 Å². The topological polar surface area (TPSA) is 130 Å². The predicted octanol–water partition coefficient (Wildman–Crippen LogP) is 3.58. The molecule has 1 amide bonds. The first-order chi connectivity index (χ1) is 13.5. The molecule has 2 aromatic rings. The monoisotopic (exact) mass is 381 g/mol. The van der Waals surface area contributed by atoms with Gasteiger partial charge in [-0.1, -0.05) is 37.3 Å². The van der Waals surface area contributed by atoms with Crippen molar-refractivity contribution in [2.24, 2.45) is 16.1 Å². The molecule has 0 bridgehead atoms. The van der Waals surface area contributed by atoms with Gasteiger partial charge in [0, 0.05) is 12.3 Å². The molecule has 28 heavy (non-hydrogen) atoms. The van der Waals surface area contributed by atoms with E-state index in [1.54, 1.807) is 24.3 Å². The van der Waals surface area contributed by atoms with E-state index in [1.807, 2.05) is 19.1 Å². The van der Waals surface area contributed by atoms with Crippen LogP contribution < -0.4 is 10.2 Å². The number of methoxy groups -OCH3 is 1. The highest BCUT2D eigenvalue weighted by molar-refractivity contribution is 6.05. The summed E-state index contributed by atoms with van der Waals surface area (Å²) in [5.41, 5.74) is 12.4. The van der Waals surface area contributed by atoms with Crippen molar-refractivity contribution in [3.8, 4) is 5.75 Å². The molecule has 3 rings (SSSR count). The van der Waals surface area contributed by atoms with Crippen LogP contribution in [0.15, 0.2) is 52.7 Å². The summed E-state index contributed by atoms with van der Waals surface area (Å²) < 4.78 is 5.10. The van der Waals surface area contributed by atoms with E-state index >= 15 is 0 Å². The highest BCUT2D eigenvalue weighted by Crippen LogP contribution is 2.38. The van der Waals surface area contributed by atoms with Crippen LogP contribution in [0.1, 0.15) is 36.1 Å². The molecular weight excluding hydrogens is 362 g/mol. The van der Waals surface area contributed by atoms with Crippen molar-refractivity contribution < 1.29 is 14.5 Å². The summed E-state index contributed by atoms with van der Waals surface area (Å²) in [5, 5.41) is 19.3. The number of nitro groups is 1. The van der Waals surface area contributed by atoms with Gasteiger partial charge in [-0.05, 0) is 23.3 Å². The van der Waals surface area contributed by atoms with Crippen molar-refractivity contribution in [3.63, 3.8) is 0 Å². The molecule has 0 aromatic heterocycles. The summed E-state index contributed by atoms with van der Waals surface area (Å²) in [6, 6.07) is 11.0. The van der Waals surface area contributed by atoms with Crippen molar-refractivity contribution in [3.05, 3.63) is 69.3 Å². The van der Waals surface area contributed by atoms with Crippen molar-refractivity contribution in [2.75, 3.05) is 7.11 Å². The SMILES string of the molecule is COc1cccc(C(N=N)c2ccc(C3=NNC(=O)CC3C)cc2)c1[N+](=O)[O-]. The summed E-state index contributed by atoms with van der Waals surface area (Å²) in [7, 11) is 1.36. The van der Waals surface area contributed by atoms with Crippen LogP contribution >= 0.6 is 0 Å². The summed E-state index contributed by atoms with van der Waals surface area (Å²) in [4.78, 5) is 22.4. The van der Waals surface area contributed by atoms with Crippen LogP contribution in [-0.4, -0.2) is 23.7 Å². The van der Waals surface area contributed by atoms with E-state index in [-0.39, 0.29) is 28.8 Å². The minimum Gasteiger partial charge on any atom is -0.490 e. The lowest BCUT2D eigenvalue weighted by Gasteiger charge is -2.20. The smallest absolute Gasteiger partial charge is 0.316 e. The molecule has 1 heterocycles. The molecule has 2 atom stereocenters. The molecule has 9 heteroatoms. The number of hydrazone groups is 1. The van der Waals surface area contributed by atoms with Crippen molar-refractivity contribution in [1.29, 1.82) is 5.53 Å². The fourth-order valence-electron chi connectivity index (χ4n) is 3.28. The minimum atomic E-state index is -0.838. The molecular formula is C19H19N5O4. The molecule has 2 aromatic carbocycles. The maximum atomic E-state index is 11.5. The standard InChI is InChI=1S/C19H19N5O4/c1-11-10-16(25)22-23-17(11)12-6-8-13(9-7-12)18(21-20)14-4-3-5-15(28-2)19(14)24(26)27/h3-9,11,18,20H,10H2,1-2H3,(H,22,25). The quantitative estimate of drug-likeness (QED) is 0.450. The van der Waals surface area contributed by atoms with E-state index in [1.165, 1.54) is 13.2 Å². The number of para-hydroxylation sites is 1. The Morgan fingerprint density at radius 3 is 2.61 bits per heavy atom. The molecule has 2 N–H and O–H groups in total. The lowest BCUT2D eigenvalue weighted by Crippen LogP contribution is -2.31. The van der Waals surface area contributed by atoms with Gasteiger partial charge in [0.15, 0.2) is 5.75 Å². The van der Waals surface area contributed by atoms with Gasteiger partial charge in [0.25, 0.3) is 0 Å². The highest BCUT2D eigenvalue weighted by Gasteiger charge is 2.28. The first-order valence-corrected chi connectivity index (χ1v) is 8.60. The second-order valence-electron chi connectivity index (χ2n) is 6.45. The van der Waals surface area contributed by atoms with Crippen LogP contribution in [-0.2, 0) is 4.79 Å². The van der Waals surface area contributed by atoms with Crippen LogP contribution in [0, 0.1) is 21.6 Å². The fourth-order valence-corrected chi connectivity index (χ4v) is 3.28. The molecule has 1 aliphatic rings. The molecule has 0 spiro atoms. The Labute approximate surface area is 161 Å². The number of nitro benzene ring substituents is 1. The minimum absolute atomic E-state index is 0.0178. The number of hydrogen-bond acceptors (Lipinski definition) is 7. The number of carbonyl (C=O) groups excluding carboxylic acids is 1. The van der Waals surface area contributed by atoms with Crippen LogP contribution in [0.5, 0.6) is 5.75 Å². The number of carbonyl (C=O) groups is 1. The summed E-state index contributed by atoms with van der Waals surface area (Å²) >= 11 is 0. The van der Waals surface area contributed by atoms with Gasteiger partial charge in [0.1, 0.15) is 6.04 Å². The Bertz CT molecular complexity index is 955. The zero-order chi connectivity index (χ0) is 20.3. The number of nitrogens with zero attached hydrogens (tertiary/aromatic N) is 3. The summed E-state index contributed by atoms with van der Waals surface area (Å²) in [6.45, 7) is 1.92. The second kappa shape index (κ2) is 7.95. The van der Waals surface area contributed by atoms with Crippen LogP contribution in [0.3, 0.4) is 0 Å². The molecule has 1 aliphatic heterocycles. The lowest BCUT2D eigenvalue weighted by molar-refractivity contribution is -0.386. The van der Waals surface area contributed by atoms with Crippen molar-refractivity contribution >= 4 is 17.3 Å². The molecule has 0 aliphatic carbocycles. The Balaban J connectivity index is 1.98. The summed E-state index contributed by atoms with van der Waals surface area (Å²) in [6.07, 6.45) is 0.362. The van der Waals surface area contributed by atoms with Gasteiger partial charge in [0.05, 0.1) is 23.3 Å².